The Labute approximate surface area is 82.8 Å². The van der Waals surface area contributed by atoms with Gasteiger partial charge in [0.25, 0.3) is 0 Å². The molecule has 0 atom stereocenters. The number of allylic oxidation sites excluding steroid dienone is 1. The van der Waals surface area contributed by atoms with Gasteiger partial charge >= 0.3 is 0 Å². The Bertz CT molecular complexity index is 178. The van der Waals surface area contributed by atoms with Crippen molar-refractivity contribution in [2.45, 2.75) is 52.5 Å². The topological polar surface area (TPSA) is 3.24 Å². The van der Waals surface area contributed by atoms with Gasteiger partial charge in [-0.1, -0.05) is 26.3 Å². The normalized spacial score (nSPS) is 19.0. The van der Waals surface area contributed by atoms with Crippen molar-refractivity contribution in [2.75, 3.05) is 7.05 Å². The first-order valence-electron chi connectivity index (χ1n) is 5.57. The highest BCUT2D eigenvalue weighted by atomic mass is 15.1. The third-order valence-corrected chi connectivity index (χ3v) is 3.17. The smallest absolute Gasteiger partial charge is 0.0281 e. The molecule has 1 heteroatoms. The van der Waals surface area contributed by atoms with Gasteiger partial charge in [0.05, 0.1) is 0 Å². The summed E-state index contributed by atoms with van der Waals surface area (Å²) in [6.07, 6.45) is 7.76. The van der Waals surface area contributed by atoms with Crippen molar-refractivity contribution in [1.29, 1.82) is 0 Å². The van der Waals surface area contributed by atoms with Crippen LogP contribution in [-0.4, -0.2) is 18.0 Å². The molecule has 0 heterocycles. The maximum absolute atomic E-state index is 2.42. The molecule has 0 radical (unpaired) electrons. The van der Waals surface area contributed by atoms with Crippen LogP contribution >= 0.6 is 0 Å². The van der Waals surface area contributed by atoms with Gasteiger partial charge in [0.15, 0.2) is 0 Å². The van der Waals surface area contributed by atoms with E-state index >= 15 is 0 Å². The molecule has 0 spiro atoms. The van der Waals surface area contributed by atoms with Crippen LogP contribution in [0.15, 0.2) is 11.8 Å². The lowest BCUT2D eigenvalue weighted by molar-refractivity contribution is 0.214. The van der Waals surface area contributed by atoms with E-state index in [2.05, 4.69) is 38.9 Å². The van der Waals surface area contributed by atoms with Gasteiger partial charge in [0.2, 0.25) is 0 Å². The lowest BCUT2D eigenvalue weighted by Gasteiger charge is -2.35. The predicted octanol–water partition coefficient (Wildman–Crippen LogP) is 3.42. The molecule has 1 rings (SSSR count). The van der Waals surface area contributed by atoms with Crippen molar-refractivity contribution in [3.8, 4) is 0 Å². The molecule has 0 saturated heterocycles. The van der Waals surface area contributed by atoms with E-state index in [-0.39, 0.29) is 0 Å². The van der Waals surface area contributed by atoms with Crippen LogP contribution in [0.3, 0.4) is 0 Å². The second-order valence-electron chi connectivity index (χ2n) is 4.46. The largest absolute Gasteiger partial charge is 0.377 e. The maximum atomic E-state index is 2.42. The minimum Gasteiger partial charge on any atom is -0.377 e. The molecule has 76 valence electrons. The van der Waals surface area contributed by atoms with Gasteiger partial charge in [-0.15, -0.1) is 0 Å². The number of hydrogen-bond acceptors (Lipinski definition) is 1. The number of rotatable bonds is 4. The van der Waals surface area contributed by atoms with Gasteiger partial charge in [0, 0.05) is 13.1 Å². The summed E-state index contributed by atoms with van der Waals surface area (Å²) in [4.78, 5) is 2.42. The summed E-state index contributed by atoms with van der Waals surface area (Å²) in [6.45, 7) is 6.81. The highest BCUT2D eigenvalue weighted by molar-refractivity contribution is 5.04. The van der Waals surface area contributed by atoms with E-state index in [4.69, 9.17) is 0 Å². The fraction of sp³-hybridized carbons (Fsp3) is 0.833. The van der Waals surface area contributed by atoms with Crippen LogP contribution in [0.2, 0.25) is 0 Å². The van der Waals surface area contributed by atoms with Crippen LogP contribution in [0.5, 0.6) is 0 Å². The van der Waals surface area contributed by atoms with Crippen molar-refractivity contribution in [2.24, 2.45) is 5.92 Å². The van der Waals surface area contributed by atoms with Crippen LogP contribution < -0.4 is 0 Å². The zero-order valence-corrected chi connectivity index (χ0v) is 9.51. The van der Waals surface area contributed by atoms with Crippen molar-refractivity contribution in [3.63, 3.8) is 0 Å². The van der Waals surface area contributed by atoms with E-state index < -0.39 is 0 Å². The Balaban J connectivity index is 2.49. The summed E-state index contributed by atoms with van der Waals surface area (Å²) in [5.74, 6) is 0.701. The second-order valence-corrected chi connectivity index (χ2v) is 4.46. The molecule has 0 aliphatic heterocycles. The van der Waals surface area contributed by atoms with Crippen molar-refractivity contribution >= 4 is 0 Å². The molecule has 0 amide bonds. The highest BCUT2D eigenvalue weighted by Crippen LogP contribution is 2.25. The quantitative estimate of drug-likeness (QED) is 0.642. The molecule has 0 aromatic heterocycles. The van der Waals surface area contributed by atoms with Gasteiger partial charge in [-0.3, -0.25) is 0 Å². The summed E-state index contributed by atoms with van der Waals surface area (Å²) in [7, 11) is 2.22. The Kier molecular flexibility index (Phi) is 3.83. The molecule has 0 N–H and O–H groups in total. The summed E-state index contributed by atoms with van der Waals surface area (Å²) >= 11 is 0. The Hall–Kier alpha value is -0.460. The molecule has 0 aromatic carbocycles. The Morgan fingerprint density at radius 2 is 2.08 bits per heavy atom. The molecule has 1 saturated carbocycles. The van der Waals surface area contributed by atoms with Crippen LogP contribution in [0.25, 0.3) is 0 Å². The predicted molar refractivity (Wildman–Crippen MR) is 58.6 cm³/mol. The van der Waals surface area contributed by atoms with E-state index in [1.54, 1.807) is 5.57 Å². The van der Waals surface area contributed by atoms with E-state index in [0.717, 1.165) is 6.04 Å². The molecule has 0 aromatic rings. The zero-order chi connectivity index (χ0) is 9.84. The van der Waals surface area contributed by atoms with Gasteiger partial charge < -0.3 is 4.90 Å². The van der Waals surface area contributed by atoms with E-state index in [1.165, 1.54) is 25.7 Å². The summed E-state index contributed by atoms with van der Waals surface area (Å²) in [6, 6.07) is 0.834. The Morgan fingerprint density at radius 3 is 2.38 bits per heavy atom. The monoisotopic (exact) mass is 181 g/mol. The minimum absolute atomic E-state index is 0.701. The molecule has 1 aliphatic rings. The zero-order valence-electron chi connectivity index (χ0n) is 9.51. The van der Waals surface area contributed by atoms with E-state index in [0.29, 0.717) is 5.92 Å². The molecule has 1 aliphatic carbocycles. The van der Waals surface area contributed by atoms with Crippen molar-refractivity contribution in [1.82, 2.24) is 4.90 Å². The average molecular weight is 181 g/mol. The maximum Gasteiger partial charge on any atom is 0.0281 e. The minimum atomic E-state index is 0.701. The molecule has 0 bridgehead atoms. The fourth-order valence-electron chi connectivity index (χ4n) is 1.81. The molecule has 1 nitrogen and oxygen atoms in total. The number of hydrogen-bond donors (Lipinski definition) is 0. The van der Waals surface area contributed by atoms with Gasteiger partial charge in [-0.05, 0) is 37.8 Å². The SMILES string of the molecule is CC/C(=C\N(C)C1CCC1)C(C)C. The second kappa shape index (κ2) is 4.69. The average Bonchev–Trinajstić information content (AvgIpc) is 1.96. The lowest BCUT2D eigenvalue weighted by atomic mass is 9.91. The molecule has 1 fully saturated rings. The fourth-order valence-corrected chi connectivity index (χ4v) is 1.81. The van der Waals surface area contributed by atoms with E-state index in [1.807, 2.05) is 0 Å². The third-order valence-electron chi connectivity index (χ3n) is 3.17. The first kappa shape index (κ1) is 10.6. The van der Waals surface area contributed by atoms with Crippen LogP contribution in [-0.2, 0) is 0 Å². The first-order chi connectivity index (χ1) is 6.15. The van der Waals surface area contributed by atoms with Gasteiger partial charge in [-0.2, -0.15) is 0 Å². The van der Waals surface area contributed by atoms with Crippen molar-refractivity contribution in [3.05, 3.63) is 11.8 Å². The Morgan fingerprint density at radius 1 is 1.46 bits per heavy atom. The summed E-state index contributed by atoms with van der Waals surface area (Å²) in [5, 5.41) is 0. The number of nitrogens with zero attached hydrogens (tertiary/aromatic N) is 1. The van der Waals surface area contributed by atoms with E-state index in [9.17, 15) is 0 Å². The summed E-state index contributed by atoms with van der Waals surface area (Å²) < 4.78 is 0. The highest BCUT2D eigenvalue weighted by Gasteiger charge is 2.20. The molecular formula is C12H23N. The van der Waals surface area contributed by atoms with Crippen LogP contribution in [0, 0.1) is 5.92 Å². The molecule has 13 heavy (non-hydrogen) atoms. The van der Waals surface area contributed by atoms with Crippen LogP contribution in [0.1, 0.15) is 46.5 Å². The van der Waals surface area contributed by atoms with Crippen molar-refractivity contribution < 1.29 is 0 Å². The molecule has 0 unspecified atom stereocenters. The van der Waals surface area contributed by atoms with Gasteiger partial charge in [-0.25, -0.2) is 0 Å². The van der Waals surface area contributed by atoms with Gasteiger partial charge in [0.1, 0.15) is 0 Å². The molecular weight excluding hydrogens is 158 g/mol. The first-order valence-corrected chi connectivity index (χ1v) is 5.57. The standard InChI is InChI=1S/C12H23N/c1-5-11(10(2)3)9-13(4)12-7-6-8-12/h9-10,12H,5-8H2,1-4H3/b11-9+. The third kappa shape index (κ3) is 2.75. The summed E-state index contributed by atoms with van der Waals surface area (Å²) in [5.41, 5.74) is 1.58. The lowest BCUT2D eigenvalue weighted by Crippen LogP contribution is -2.33. The van der Waals surface area contributed by atoms with Crippen LogP contribution in [0.4, 0.5) is 0 Å².